The first-order chi connectivity index (χ1) is 18.1. The third kappa shape index (κ3) is 4.82. The van der Waals surface area contributed by atoms with E-state index in [4.69, 9.17) is 23.2 Å². The number of carbonyl (C=O) groups is 2. The van der Waals surface area contributed by atoms with E-state index in [1.807, 2.05) is 62.4 Å². The Kier molecular flexibility index (Phi) is 7.26. The zero-order valence-electron chi connectivity index (χ0n) is 21.0. The van der Waals surface area contributed by atoms with Crippen LogP contribution in [0.15, 0.2) is 71.6 Å². The van der Waals surface area contributed by atoms with Gasteiger partial charge in [0.05, 0.1) is 18.1 Å². The minimum atomic E-state index is -4.37. The minimum absolute atomic E-state index is 0.0425. The molecule has 0 saturated carbocycles. The summed E-state index contributed by atoms with van der Waals surface area (Å²) >= 11 is 12.4. The summed E-state index contributed by atoms with van der Waals surface area (Å²) in [7, 11) is -4.37. The van der Waals surface area contributed by atoms with Gasteiger partial charge in [0.25, 0.3) is 0 Å². The zero-order valence-corrected chi connectivity index (χ0v) is 23.3. The lowest BCUT2D eigenvalue weighted by Gasteiger charge is -2.30. The number of rotatable bonds is 6. The number of hydrogen-bond donors (Lipinski definition) is 0. The molecule has 2 aliphatic rings. The Labute approximate surface area is 232 Å². The minimum Gasteiger partial charge on any atom is -0.308 e. The largest absolute Gasteiger partial charge is 0.308 e. The molecule has 0 bridgehead atoms. The number of para-hydroxylation sites is 2. The van der Waals surface area contributed by atoms with Crippen LogP contribution in [0.5, 0.6) is 0 Å². The lowest BCUT2D eigenvalue weighted by atomic mass is 10.1. The molecule has 3 aromatic rings. The quantitative estimate of drug-likeness (QED) is 0.420. The van der Waals surface area contributed by atoms with Crippen molar-refractivity contribution in [2.45, 2.75) is 43.7 Å². The van der Waals surface area contributed by atoms with E-state index in [1.165, 1.54) is 18.2 Å². The number of sulfonamides is 1. The van der Waals surface area contributed by atoms with Crippen LogP contribution in [0.25, 0.3) is 0 Å². The Morgan fingerprint density at radius 1 is 0.816 bits per heavy atom. The fourth-order valence-electron chi connectivity index (χ4n) is 5.39. The second kappa shape index (κ2) is 10.3. The summed E-state index contributed by atoms with van der Waals surface area (Å²) < 4.78 is 28.7. The van der Waals surface area contributed by atoms with Crippen molar-refractivity contribution in [3.63, 3.8) is 0 Å². The molecular formula is C28H27Cl2N3O4S. The van der Waals surface area contributed by atoms with Gasteiger partial charge in [-0.25, -0.2) is 8.42 Å². The van der Waals surface area contributed by atoms with Crippen molar-refractivity contribution in [2.75, 3.05) is 22.9 Å². The van der Waals surface area contributed by atoms with E-state index >= 15 is 0 Å². The summed E-state index contributed by atoms with van der Waals surface area (Å²) in [6.07, 6.45) is 1.32. The molecule has 0 saturated heterocycles. The second-order valence-corrected chi connectivity index (χ2v) is 12.5. The van der Waals surface area contributed by atoms with Crippen molar-refractivity contribution in [3.8, 4) is 0 Å². The number of nitrogens with zero attached hydrogens (tertiary/aromatic N) is 3. The first kappa shape index (κ1) is 26.7. The first-order valence-electron chi connectivity index (χ1n) is 12.3. The predicted octanol–water partition coefficient (Wildman–Crippen LogP) is 4.94. The maximum absolute atomic E-state index is 13.9. The van der Waals surface area contributed by atoms with Crippen LogP contribution >= 0.6 is 23.2 Å². The number of anilines is 2. The molecule has 0 radical (unpaired) electrons. The van der Waals surface area contributed by atoms with Crippen LogP contribution in [0, 0.1) is 0 Å². The van der Waals surface area contributed by atoms with Gasteiger partial charge in [0.15, 0.2) is 0 Å². The molecule has 10 heteroatoms. The topological polar surface area (TPSA) is 78.0 Å². The Morgan fingerprint density at radius 3 is 1.79 bits per heavy atom. The maximum atomic E-state index is 13.9. The summed E-state index contributed by atoms with van der Waals surface area (Å²) in [5.74, 6) is -0.848. The summed E-state index contributed by atoms with van der Waals surface area (Å²) in [4.78, 5) is 30.3. The van der Waals surface area contributed by atoms with Crippen molar-refractivity contribution in [1.82, 2.24) is 4.31 Å². The van der Waals surface area contributed by atoms with Crippen LogP contribution in [0.3, 0.4) is 0 Å². The zero-order chi connectivity index (χ0) is 27.2. The summed E-state index contributed by atoms with van der Waals surface area (Å²) in [6, 6.07) is 18.9. The lowest BCUT2D eigenvalue weighted by Crippen LogP contribution is -2.49. The summed E-state index contributed by atoms with van der Waals surface area (Å²) in [5, 5.41) is 0.133. The molecule has 3 aromatic carbocycles. The van der Waals surface area contributed by atoms with Crippen LogP contribution < -0.4 is 9.80 Å². The predicted molar refractivity (Wildman–Crippen MR) is 149 cm³/mol. The van der Waals surface area contributed by atoms with E-state index in [0.717, 1.165) is 26.8 Å². The monoisotopic (exact) mass is 571 g/mol. The Hall–Kier alpha value is -2.91. The standard InChI is InChI=1S/C28H27Cl2N3O4S/c1-18-13-20-7-3-5-9-24(20)32(18)27(34)16-31(38(36,37)26-15-22(29)11-12-23(26)30)17-28(35)33-19(2)14-21-8-4-6-10-25(21)33/h3-12,15,18-19H,13-14,16-17H2,1-2H3/t18-,19-/m0/s1. The smallest absolute Gasteiger partial charge is 0.245 e. The molecule has 0 unspecified atom stereocenters. The van der Waals surface area contributed by atoms with Crippen molar-refractivity contribution < 1.29 is 18.0 Å². The van der Waals surface area contributed by atoms with Crippen LogP contribution in [0.2, 0.25) is 10.0 Å². The van der Waals surface area contributed by atoms with Crippen LogP contribution in [-0.4, -0.2) is 49.7 Å². The van der Waals surface area contributed by atoms with E-state index in [-0.39, 0.29) is 27.0 Å². The third-order valence-electron chi connectivity index (χ3n) is 7.09. The second-order valence-electron chi connectivity index (χ2n) is 9.74. The highest BCUT2D eigenvalue weighted by molar-refractivity contribution is 7.89. The van der Waals surface area contributed by atoms with Gasteiger partial charge in [0.1, 0.15) is 4.90 Å². The molecule has 0 aromatic heterocycles. The number of carbonyl (C=O) groups excluding carboxylic acids is 2. The Balaban J connectivity index is 1.50. The molecule has 2 amide bonds. The highest BCUT2D eigenvalue weighted by atomic mass is 35.5. The molecule has 2 aliphatic heterocycles. The van der Waals surface area contributed by atoms with Crippen molar-refractivity contribution in [2.24, 2.45) is 0 Å². The maximum Gasteiger partial charge on any atom is 0.245 e. The van der Waals surface area contributed by atoms with E-state index < -0.39 is 34.9 Å². The Morgan fingerprint density at radius 2 is 1.29 bits per heavy atom. The van der Waals surface area contributed by atoms with Gasteiger partial charge in [-0.05, 0) is 68.1 Å². The summed E-state index contributed by atoms with van der Waals surface area (Å²) in [5.41, 5.74) is 3.52. The fraction of sp³-hybridized carbons (Fsp3) is 0.286. The normalized spacial score (nSPS) is 18.6. The number of fused-ring (bicyclic) bond motifs is 2. The fourth-order valence-corrected chi connectivity index (χ4v) is 7.46. The van der Waals surface area contributed by atoms with Gasteiger partial charge in [-0.2, -0.15) is 4.31 Å². The van der Waals surface area contributed by atoms with Crippen LogP contribution in [0.4, 0.5) is 11.4 Å². The number of halogens is 2. The lowest BCUT2D eigenvalue weighted by molar-refractivity contribution is -0.121. The van der Waals surface area contributed by atoms with Gasteiger partial charge < -0.3 is 9.80 Å². The number of hydrogen-bond acceptors (Lipinski definition) is 4. The molecule has 5 rings (SSSR count). The molecule has 198 valence electrons. The SMILES string of the molecule is C[C@H]1Cc2ccccc2N1C(=O)CN(CC(=O)N1c2ccccc2C[C@@H]1C)S(=O)(=O)c1cc(Cl)ccc1Cl. The average Bonchev–Trinajstić information content (AvgIpc) is 3.39. The van der Waals surface area contributed by atoms with E-state index in [0.29, 0.717) is 12.8 Å². The molecule has 0 aliphatic carbocycles. The van der Waals surface area contributed by atoms with E-state index in [9.17, 15) is 18.0 Å². The van der Waals surface area contributed by atoms with Gasteiger partial charge in [-0.15, -0.1) is 0 Å². The molecule has 7 nitrogen and oxygen atoms in total. The molecule has 2 heterocycles. The van der Waals surface area contributed by atoms with Gasteiger partial charge in [0, 0.05) is 28.5 Å². The molecule has 0 spiro atoms. The van der Waals surface area contributed by atoms with Crippen molar-refractivity contribution in [3.05, 3.63) is 87.9 Å². The Bertz CT molecular complexity index is 1450. The average molecular weight is 573 g/mol. The van der Waals surface area contributed by atoms with E-state index in [1.54, 1.807) is 9.80 Å². The first-order valence-corrected chi connectivity index (χ1v) is 14.5. The molecular weight excluding hydrogens is 545 g/mol. The van der Waals surface area contributed by atoms with Gasteiger partial charge in [0.2, 0.25) is 21.8 Å². The molecule has 38 heavy (non-hydrogen) atoms. The number of benzene rings is 3. The van der Waals surface area contributed by atoms with E-state index in [2.05, 4.69) is 0 Å². The van der Waals surface area contributed by atoms with Gasteiger partial charge >= 0.3 is 0 Å². The third-order valence-corrected chi connectivity index (χ3v) is 9.59. The van der Waals surface area contributed by atoms with Crippen LogP contribution in [-0.2, 0) is 32.5 Å². The van der Waals surface area contributed by atoms with Crippen molar-refractivity contribution in [1.29, 1.82) is 0 Å². The van der Waals surface area contributed by atoms with Crippen molar-refractivity contribution >= 4 is 56.4 Å². The van der Waals surface area contributed by atoms with Gasteiger partial charge in [-0.3, -0.25) is 9.59 Å². The van der Waals surface area contributed by atoms with Crippen LogP contribution in [0.1, 0.15) is 25.0 Å². The molecule has 2 atom stereocenters. The summed E-state index contributed by atoms with van der Waals surface area (Å²) in [6.45, 7) is 2.77. The molecule has 0 fully saturated rings. The van der Waals surface area contributed by atoms with Gasteiger partial charge in [-0.1, -0.05) is 59.6 Å². The molecule has 0 N–H and O–H groups in total. The highest BCUT2D eigenvalue weighted by Crippen LogP contribution is 2.35. The number of amides is 2. The highest BCUT2D eigenvalue weighted by Gasteiger charge is 2.38.